The molecule has 0 radical (unpaired) electrons. The molecule has 1 unspecified atom stereocenters. The van der Waals surface area contributed by atoms with E-state index >= 15 is 0 Å². The Morgan fingerprint density at radius 1 is 0.968 bits per heavy atom. The molecule has 0 spiro atoms. The summed E-state index contributed by atoms with van der Waals surface area (Å²) in [6, 6.07) is 23.1. The second-order valence-corrected chi connectivity index (χ2v) is 8.17. The van der Waals surface area contributed by atoms with Crippen molar-refractivity contribution in [1.82, 2.24) is 9.55 Å². The SMILES string of the molecule is COc1ccc(-n2c(SC(C)C(=O)Nc3ccccc3OC)nc3ccccc32)cc1. The molecular weight excluding hydrogens is 410 g/mol. The quantitative estimate of drug-likeness (QED) is 0.408. The fourth-order valence-electron chi connectivity index (χ4n) is 3.26. The first kappa shape index (κ1) is 20.8. The van der Waals surface area contributed by atoms with E-state index in [1.165, 1.54) is 11.8 Å². The molecule has 1 N–H and O–H groups in total. The average molecular weight is 434 g/mol. The molecule has 4 rings (SSSR count). The molecule has 0 fully saturated rings. The largest absolute Gasteiger partial charge is 0.497 e. The maximum absolute atomic E-state index is 12.9. The van der Waals surface area contributed by atoms with E-state index in [1.807, 2.05) is 79.7 Å². The standard InChI is InChI=1S/C24H23N3O3S/c1-16(23(28)25-20-9-5-7-11-22(20)30-3)31-24-26-19-8-4-6-10-21(19)27(24)17-12-14-18(29-2)15-13-17/h4-16H,1-3H3,(H,25,28). The van der Waals surface area contributed by atoms with E-state index in [4.69, 9.17) is 14.5 Å². The number of carbonyl (C=O) groups excluding carboxylic acids is 1. The van der Waals surface area contributed by atoms with Gasteiger partial charge in [-0.05, 0) is 55.5 Å². The molecule has 0 aliphatic carbocycles. The van der Waals surface area contributed by atoms with Crippen LogP contribution in [0.5, 0.6) is 11.5 Å². The summed E-state index contributed by atoms with van der Waals surface area (Å²) in [7, 11) is 3.23. The Labute approximate surface area is 185 Å². The Hall–Kier alpha value is -3.45. The summed E-state index contributed by atoms with van der Waals surface area (Å²) in [5.41, 5.74) is 3.45. The van der Waals surface area contributed by atoms with Gasteiger partial charge in [0.2, 0.25) is 5.91 Å². The van der Waals surface area contributed by atoms with Crippen LogP contribution >= 0.6 is 11.8 Å². The van der Waals surface area contributed by atoms with Crippen LogP contribution in [0.25, 0.3) is 16.7 Å². The van der Waals surface area contributed by atoms with Gasteiger partial charge in [-0.15, -0.1) is 0 Å². The third kappa shape index (κ3) is 4.36. The number of benzene rings is 3. The number of para-hydroxylation sites is 4. The van der Waals surface area contributed by atoms with Crippen molar-refractivity contribution in [3.63, 3.8) is 0 Å². The molecule has 0 aliphatic heterocycles. The van der Waals surface area contributed by atoms with Crippen LogP contribution in [-0.4, -0.2) is 34.9 Å². The number of hydrogen-bond acceptors (Lipinski definition) is 5. The zero-order valence-electron chi connectivity index (χ0n) is 17.5. The van der Waals surface area contributed by atoms with Crippen molar-refractivity contribution in [2.24, 2.45) is 0 Å². The Morgan fingerprint density at radius 2 is 1.68 bits per heavy atom. The number of fused-ring (bicyclic) bond motifs is 1. The van der Waals surface area contributed by atoms with Crippen LogP contribution in [0.15, 0.2) is 78.0 Å². The molecule has 31 heavy (non-hydrogen) atoms. The third-order valence-electron chi connectivity index (χ3n) is 4.88. The van der Waals surface area contributed by atoms with Crippen molar-refractivity contribution < 1.29 is 14.3 Å². The van der Waals surface area contributed by atoms with Crippen molar-refractivity contribution in [3.05, 3.63) is 72.8 Å². The van der Waals surface area contributed by atoms with E-state index < -0.39 is 0 Å². The topological polar surface area (TPSA) is 65.4 Å². The molecule has 3 aromatic carbocycles. The van der Waals surface area contributed by atoms with Gasteiger partial charge in [-0.2, -0.15) is 0 Å². The average Bonchev–Trinajstić information content (AvgIpc) is 3.17. The van der Waals surface area contributed by atoms with Gasteiger partial charge < -0.3 is 14.8 Å². The van der Waals surface area contributed by atoms with Crippen LogP contribution in [0.2, 0.25) is 0 Å². The maximum Gasteiger partial charge on any atom is 0.237 e. The van der Waals surface area contributed by atoms with E-state index in [1.54, 1.807) is 14.2 Å². The number of thioether (sulfide) groups is 1. The number of anilines is 1. The van der Waals surface area contributed by atoms with Crippen LogP contribution in [0, 0.1) is 0 Å². The van der Waals surface area contributed by atoms with Crippen molar-refractivity contribution in [2.75, 3.05) is 19.5 Å². The van der Waals surface area contributed by atoms with Gasteiger partial charge in [0.25, 0.3) is 0 Å². The number of imidazole rings is 1. The number of amides is 1. The molecule has 0 bridgehead atoms. The zero-order valence-corrected chi connectivity index (χ0v) is 18.3. The van der Waals surface area contributed by atoms with Gasteiger partial charge in [-0.25, -0.2) is 4.98 Å². The molecule has 0 aliphatic rings. The molecule has 1 aromatic heterocycles. The first-order valence-corrected chi connectivity index (χ1v) is 10.7. The minimum Gasteiger partial charge on any atom is -0.497 e. The molecule has 7 heteroatoms. The highest BCUT2D eigenvalue weighted by Crippen LogP contribution is 2.32. The van der Waals surface area contributed by atoms with E-state index in [2.05, 4.69) is 9.88 Å². The number of carbonyl (C=O) groups is 1. The van der Waals surface area contributed by atoms with Crippen molar-refractivity contribution >= 4 is 34.4 Å². The van der Waals surface area contributed by atoms with E-state index in [0.29, 0.717) is 11.4 Å². The lowest BCUT2D eigenvalue weighted by Gasteiger charge is -2.15. The van der Waals surface area contributed by atoms with Gasteiger partial charge in [-0.1, -0.05) is 36.0 Å². The highest BCUT2D eigenvalue weighted by molar-refractivity contribution is 8.00. The fourth-order valence-corrected chi connectivity index (χ4v) is 4.20. The molecule has 0 saturated carbocycles. The molecule has 0 saturated heterocycles. The molecule has 6 nitrogen and oxygen atoms in total. The minimum absolute atomic E-state index is 0.122. The number of methoxy groups -OCH3 is 2. The molecule has 1 heterocycles. The summed E-state index contributed by atoms with van der Waals surface area (Å²) in [5.74, 6) is 1.29. The third-order valence-corrected chi connectivity index (χ3v) is 5.93. The van der Waals surface area contributed by atoms with Crippen molar-refractivity contribution in [3.8, 4) is 17.2 Å². The lowest BCUT2D eigenvalue weighted by Crippen LogP contribution is -2.23. The number of nitrogens with zero attached hydrogens (tertiary/aromatic N) is 2. The summed E-state index contributed by atoms with van der Waals surface area (Å²) in [4.78, 5) is 17.7. The predicted molar refractivity (Wildman–Crippen MR) is 125 cm³/mol. The molecular formula is C24H23N3O3S. The van der Waals surface area contributed by atoms with Crippen molar-refractivity contribution in [2.45, 2.75) is 17.3 Å². The Morgan fingerprint density at radius 3 is 2.42 bits per heavy atom. The second-order valence-electron chi connectivity index (χ2n) is 6.87. The number of hydrogen-bond donors (Lipinski definition) is 1. The molecule has 4 aromatic rings. The summed E-state index contributed by atoms with van der Waals surface area (Å²) in [6.07, 6.45) is 0. The minimum atomic E-state index is -0.376. The summed E-state index contributed by atoms with van der Waals surface area (Å²) >= 11 is 1.41. The number of ether oxygens (including phenoxy) is 2. The molecule has 158 valence electrons. The van der Waals surface area contributed by atoms with E-state index in [9.17, 15) is 4.79 Å². The van der Waals surface area contributed by atoms with Crippen LogP contribution in [0.4, 0.5) is 5.69 Å². The summed E-state index contributed by atoms with van der Waals surface area (Å²) in [6.45, 7) is 1.87. The molecule has 1 amide bonds. The normalized spacial score (nSPS) is 11.8. The second kappa shape index (κ2) is 9.14. The lowest BCUT2D eigenvalue weighted by atomic mass is 10.2. The maximum atomic E-state index is 12.9. The van der Waals surface area contributed by atoms with Gasteiger partial charge in [0.05, 0.1) is 36.2 Å². The predicted octanol–water partition coefficient (Wildman–Crippen LogP) is 5.16. The first-order valence-electron chi connectivity index (χ1n) is 9.83. The van der Waals surface area contributed by atoms with Crippen molar-refractivity contribution in [1.29, 1.82) is 0 Å². The van der Waals surface area contributed by atoms with E-state index in [0.717, 1.165) is 27.6 Å². The monoisotopic (exact) mass is 433 g/mol. The number of aromatic nitrogens is 2. The smallest absolute Gasteiger partial charge is 0.237 e. The highest BCUT2D eigenvalue weighted by Gasteiger charge is 2.21. The fraction of sp³-hybridized carbons (Fsp3) is 0.167. The zero-order chi connectivity index (χ0) is 21.8. The summed E-state index contributed by atoms with van der Waals surface area (Å²) in [5, 5.41) is 3.32. The van der Waals surface area contributed by atoms with Crippen LogP contribution in [-0.2, 0) is 4.79 Å². The van der Waals surface area contributed by atoms with Gasteiger partial charge in [0, 0.05) is 5.69 Å². The van der Waals surface area contributed by atoms with Gasteiger partial charge in [0.1, 0.15) is 11.5 Å². The van der Waals surface area contributed by atoms with Gasteiger partial charge in [-0.3, -0.25) is 9.36 Å². The Bertz CT molecular complexity index is 1200. The van der Waals surface area contributed by atoms with E-state index in [-0.39, 0.29) is 11.2 Å². The highest BCUT2D eigenvalue weighted by atomic mass is 32.2. The van der Waals surface area contributed by atoms with Crippen LogP contribution in [0.1, 0.15) is 6.92 Å². The number of rotatable bonds is 7. The van der Waals surface area contributed by atoms with Crippen LogP contribution < -0.4 is 14.8 Å². The van der Waals surface area contributed by atoms with Gasteiger partial charge >= 0.3 is 0 Å². The summed E-state index contributed by atoms with van der Waals surface area (Å²) < 4.78 is 12.7. The Kier molecular flexibility index (Phi) is 6.13. The lowest BCUT2D eigenvalue weighted by molar-refractivity contribution is -0.115. The first-order chi connectivity index (χ1) is 15.1. The Balaban J connectivity index is 1.63. The molecule has 1 atom stereocenters. The van der Waals surface area contributed by atoms with Gasteiger partial charge in [0.15, 0.2) is 5.16 Å². The number of nitrogens with one attached hydrogen (secondary N) is 1. The van der Waals surface area contributed by atoms with Crippen LogP contribution in [0.3, 0.4) is 0 Å².